The molecule has 0 bridgehead atoms. The summed E-state index contributed by atoms with van der Waals surface area (Å²) < 4.78 is 5.12. The number of aromatic nitrogens is 5. The standard InChI is InChI=1S/C11H6N6O/c12-5-7-2-1-3-8(4-7)11-15-10(17-18-11)9-13-6-14-16-9/h1-4,6H,(H,13,14,16). The molecule has 0 saturated heterocycles. The summed E-state index contributed by atoms with van der Waals surface area (Å²) in [6, 6.07) is 8.98. The van der Waals surface area contributed by atoms with E-state index in [0.717, 1.165) is 0 Å². The van der Waals surface area contributed by atoms with Crippen LogP contribution in [0.15, 0.2) is 35.1 Å². The Morgan fingerprint density at radius 1 is 1.33 bits per heavy atom. The average Bonchev–Trinajstić information content (AvgIpc) is 3.09. The Bertz CT molecular complexity index is 709. The van der Waals surface area contributed by atoms with Gasteiger partial charge in [0.25, 0.3) is 5.89 Å². The van der Waals surface area contributed by atoms with Crippen molar-refractivity contribution in [2.45, 2.75) is 0 Å². The maximum atomic E-state index is 8.82. The number of hydrogen-bond acceptors (Lipinski definition) is 6. The van der Waals surface area contributed by atoms with Gasteiger partial charge in [0.15, 0.2) is 5.82 Å². The minimum Gasteiger partial charge on any atom is -0.333 e. The smallest absolute Gasteiger partial charge is 0.258 e. The molecule has 0 unspecified atom stereocenters. The monoisotopic (exact) mass is 238 g/mol. The zero-order chi connectivity index (χ0) is 12.4. The molecule has 7 nitrogen and oxygen atoms in total. The Morgan fingerprint density at radius 2 is 2.28 bits per heavy atom. The quantitative estimate of drug-likeness (QED) is 0.723. The van der Waals surface area contributed by atoms with Crippen molar-refractivity contribution >= 4 is 0 Å². The van der Waals surface area contributed by atoms with Gasteiger partial charge >= 0.3 is 0 Å². The van der Waals surface area contributed by atoms with Crippen LogP contribution in [0.5, 0.6) is 0 Å². The van der Waals surface area contributed by atoms with Gasteiger partial charge in [-0.2, -0.15) is 15.3 Å². The third-order valence-electron chi connectivity index (χ3n) is 2.29. The molecule has 0 radical (unpaired) electrons. The second-order valence-corrected chi connectivity index (χ2v) is 3.45. The zero-order valence-electron chi connectivity index (χ0n) is 9.03. The van der Waals surface area contributed by atoms with E-state index in [1.54, 1.807) is 24.3 Å². The topological polar surface area (TPSA) is 104 Å². The largest absolute Gasteiger partial charge is 0.333 e. The van der Waals surface area contributed by atoms with Gasteiger partial charge in [-0.25, -0.2) is 4.98 Å². The van der Waals surface area contributed by atoms with E-state index in [2.05, 4.69) is 31.4 Å². The normalized spacial score (nSPS) is 10.2. The van der Waals surface area contributed by atoms with Crippen molar-refractivity contribution in [2.75, 3.05) is 0 Å². The fourth-order valence-electron chi connectivity index (χ4n) is 1.47. The van der Waals surface area contributed by atoms with Crippen LogP contribution in [0.1, 0.15) is 5.56 Å². The Balaban J connectivity index is 2.01. The highest BCUT2D eigenvalue weighted by atomic mass is 16.5. The first-order valence-corrected chi connectivity index (χ1v) is 5.07. The van der Waals surface area contributed by atoms with Crippen LogP contribution in [0.4, 0.5) is 0 Å². The van der Waals surface area contributed by atoms with E-state index in [0.29, 0.717) is 28.7 Å². The average molecular weight is 238 g/mol. The fourth-order valence-corrected chi connectivity index (χ4v) is 1.47. The van der Waals surface area contributed by atoms with Crippen LogP contribution in [0, 0.1) is 11.3 Å². The number of rotatable bonds is 2. The van der Waals surface area contributed by atoms with Crippen molar-refractivity contribution in [2.24, 2.45) is 0 Å². The molecule has 86 valence electrons. The maximum Gasteiger partial charge on any atom is 0.258 e. The molecule has 0 aliphatic heterocycles. The number of aromatic amines is 1. The zero-order valence-corrected chi connectivity index (χ0v) is 9.03. The fraction of sp³-hybridized carbons (Fsp3) is 0. The molecule has 0 spiro atoms. The van der Waals surface area contributed by atoms with E-state index < -0.39 is 0 Å². The van der Waals surface area contributed by atoms with E-state index in [9.17, 15) is 0 Å². The van der Waals surface area contributed by atoms with Gasteiger partial charge in [0.2, 0.25) is 5.82 Å². The van der Waals surface area contributed by atoms with E-state index in [1.165, 1.54) is 6.33 Å². The summed E-state index contributed by atoms with van der Waals surface area (Å²) in [6.07, 6.45) is 1.36. The predicted molar refractivity (Wildman–Crippen MR) is 59.8 cm³/mol. The molecule has 1 aromatic carbocycles. The lowest BCUT2D eigenvalue weighted by atomic mass is 10.1. The molecule has 2 heterocycles. The van der Waals surface area contributed by atoms with Crippen molar-refractivity contribution in [1.82, 2.24) is 25.3 Å². The van der Waals surface area contributed by atoms with Gasteiger partial charge in [-0.05, 0) is 18.2 Å². The molecule has 0 fully saturated rings. The second-order valence-electron chi connectivity index (χ2n) is 3.45. The maximum absolute atomic E-state index is 8.82. The highest BCUT2D eigenvalue weighted by Crippen LogP contribution is 2.20. The highest BCUT2D eigenvalue weighted by molar-refractivity contribution is 5.58. The van der Waals surface area contributed by atoms with E-state index in [4.69, 9.17) is 9.78 Å². The highest BCUT2D eigenvalue weighted by Gasteiger charge is 2.12. The molecule has 7 heteroatoms. The van der Waals surface area contributed by atoms with Gasteiger partial charge in [0.05, 0.1) is 11.6 Å². The van der Waals surface area contributed by atoms with Crippen LogP contribution in [0.2, 0.25) is 0 Å². The number of nitriles is 1. The number of nitrogens with zero attached hydrogens (tertiary/aromatic N) is 5. The van der Waals surface area contributed by atoms with Crippen molar-refractivity contribution in [3.8, 4) is 29.2 Å². The Kier molecular flexibility index (Phi) is 2.32. The molecular weight excluding hydrogens is 232 g/mol. The summed E-state index contributed by atoms with van der Waals surface area (Å²) in [5.74, 6) is 1.09. The van der Waals surface area contributed by atoms with Gasteiger partial charge in [0.1, 0.15) is 6.33 Å². The van der Waals surface area contributed by atoms with Crippen LogP contribution in [-0.4, -0.2) is 25.3 Å². The van der Waals surface area contributed by atoms with Crippen molar-refractivity contribution < 1.29 is 4.52 Å². The van der Waals surface area contributed by atoms with Crippen LogP contribution < -0.4 is 0 Å². The minimum absolute atomic E-state index is 0.324. The summed E-state index contributed by atoms with van der Waals surface area (Å²) in [4.78, 5) is 8.10. The summed E-state index contributed by atoms with van der Waals surface area (Å²) in [6.45, 7) is 0. The lowest BCUT2D eigenvalue weighted by Gasteiger charge is -1.93. The molecule has 3 aromatic rings. The van der Waals surface area contributed by atoms with E-state index >= 15 is 0 Å². The number of hydrogen-bond donors (Lipinski definition) is 1. The third-order valence-corrected chi connectivity index (χ3v) is 2.29. The number of H-pyrrole nitrogens is 1. The van der Waals surface area contributed by atoms with Crippen molar-refractivity contribution in [3.63, 3.8) is 0 Å². The number of nitrogens with one attached hydrogen (secondary N) is 1. The first-order chi connectivity index (χ1) is 8.86. The van der Waals surface area contributed by atoms with Gasteiger partial charge in [-0.1, -0.05) is 11.2 Å². The van der Waals surface area contributed by atoms with E-state index in [1.807, 2.05) is 0 Å². The van der Waals surface area contributed by atoms with Gasteiger partial charge < -0.3 is 4.52 Å². The van der Waals surface area contributed by atoms with Gasteiger partial charge in [0, 0.05) is 5.56 Å². The first kappa shape index (κ1) is 10.2. The summed E-state index contributed by atoms with van der Waals surface area (Å²) in [7, 11) is 0. The Hall–Kier alpha value is -3.01. The second kappa shape index (κ2) is 4.10. The Morgan fingerprint density at radius 3 is 3.06 bits per heavy atom. The van der Waals surface area contributed by atoms with Crippen LogP contribution in [0.3, 0.4) is 0 Å². The Labute approximate surface area is 101 Å². The van der Waals surface area contributed by atoms with Crippen molar-refractivity contribution in [3.05, 3.63) is 36.2 Å². The molecule has 0 saturated carbocycles. The molecule has 1 N–H and O–H groups in total. The van der Waals surface area contributed by atoms with Crippen LogP contribution in [0.25, 0.3) is 23.1 Å². The van der Waals surface area contributed by atoms with Crippen LogP contribution in [-0.2, 0) is 0 Å². The molecule has 2 aromatic heterocycles. The van der Waals surface area contributed by atoms with Crippen LogP contribution >= 0.6 is 0 Å². The molecule has 0 amide bonds. The molecule has 18 heavy (non-hydrogen) atoms. The lowest BCUT2D eigenvalue weighted by molar-refractivity contribution is 0.432. The summed E-state index contributed by atoms with van der Waals surface area (Å²) in [5.41, 5.74) is 1.22. The molecule has 0 atom stereocenters. The third kappa shape index (κ3) is 1.72. The SMILES string of the molecule is N#Cc1cccc(-c2nc(-c3ncn[nH]3)no2)c1. The number of benzene rings is 1. The summed E-state index contributed by atoms with van der Waals surface area (Å²) >= 11 is 0. The van der Waals surface area contributed by atoms with E-state index in [-0.39, 0.29) is 0 Å². The predicted octanol–water partition coefficient (Wildman–Crippen LogP) is 1.39. The first-order valence-electron chi connectivity index (χ1n) is 5.07. The molecule has 3 rings (SSSR count). The van der Waals surface area contributed by atoms with Crippen molar-refractivity contribution in [1.29, 1.82) is 5.26 Å². The lowest BCUT2D eigenvalue weighted by Crippen LogP contribution is -1.84. The summed E-state index contributed by atoms with van der Waals surface area (Å²) in [5, 5.41) is 19.0. The molecule has 0 aliphatic carbocycles. The molecule has 0 aliphatic rings. The van der Waals surface area contributed by atoms with Gasteiger partial charge in [-0.15, -0.1) is 0 Å². The van der Waals surface area contributed by atoms with Gasteiger partial charge in [-0.3, -0.25) is 5.10 Å². The molecular formula is C11H6N6O. The minimum atomic E-state index is 0.324.